The quantitative estimate of drug-likeness (QED) is 0.821. The van der Waals surface area contributed by atoms with Crippen LogP contribution in [0.4, 0.5) is 5.82 Å². The fraction of sp³-hybridized carbons (Fsp3) is 0.556. The smallest absolute Gasteiger partial charge is 0.316 e. The topological polar surface area (TPSA) is 78.6 Å². The first-order valence-electron chi connectivity index (χ1n) is 9.31. The van der Waals surface area contributed by atoms with Crippen molar-refractivity contribution in [1.29, 1.82) is 0 Å². The molecule has 0 unspecified atom stereocenters. The number of anilines is 1. The van der Waals surface area contributed by atoms with E-state index in [0.29, 0.717) is 18.9 Å². The molecule has 0 aliphatic carbocycles. The van der Waals surface area contributed by atoms with Crippen molar-refractivity contribution in [2.75, 3.05) is 50.7 Å². The van der Waals surface area contributed by atoms with E-state index in [1.54, 1.807) is 11.1 Å². The van der Waals surface area contributed by atoms with Crippen LogP contribution in [0.5, 0.6) is 0 Å². The minimum absolute atomic E-state index is 0.0597. The van der Waals surface area contributed by atoms with Gasteiger partial charge in [-0.15, -0.1) is 0 Å². The number of rotatable bonds is 4. The van der Waals surface area contributed by atoms with Crippen LogP contribution in [0.3, 0.4) is 0 Å². The predicted octanol–water partition coefficient (Wildman–Crippen LogP) is 1.51. The zero-order valence-electron chi connectivity index (χ0n) is 15.1. The van der Waals surface area contributed by atoms with Crippen molar-refractivity contribution in [1.82, 2.24) is 24.9 Å². The fourth-order valence-corrected chi connectivity index (χ4v) is 3.51. The Morgan fingerprint density at radius 3 is 2.65 bits per heavy atom. The molecule has 1 amide bonds. The summed E-state index contributed by atoms with van der Waals surface area (Å²) in [6, 6.07) is 3.81. The van der Waals surface area contributed by atoms with Gasteiger partial charge in [0.15, 0.2) is 0 Å². The van der Waals surface area contributed by atoms with Gasteiger partial charge < -0.3 is 19.2 Å². The van der Waals surface area contributed by atoms with Crippen LogP contribution in [0.2, 0.25) is 0 Å². The van der Waals surface area contributed by atoms with Gasteiger partial charge in [-0.25, -0.2) is 4.98 Å². The minimum Gasteiger partial charge on any atom is -0.357 e. The molecule has 2 saturated heterocycles. The lowest BCUT2D eigenvalue weighted by Gasteiger charge is -2.33. The van der Waals surface area contributed by atoms with E-state index in [1.807, 2.05) is 12.1 Å². The molecule has 138 valence electrons. The maximum Gasteiger partial charge on any atom is 0.316 e. The number of aromatic nitrogens is 3. The fourth-order valence-electron chi connectivity index (χ4n) is 3.51. The summed E-state index contributed by atoms with van der Waals surface area (Å²) in [4.78, 5) is 27.7. The lowest BCUT2D eigenvalue weighted by Crippen LogP contribution is -2.48. The van der Waals surface area contributed by atoms with Crippen molar-refractivity contribution in [3.63, 3.8) is 0 Å². The maximum absolute atomic E-state index is 12.6. The third-order valence-electron chi connectivity index (χ3n) is 5.15. The Hall–Kier alpha value is -2.48. The highest BCUT2D eigenvalue weighted by Crippen LogP contribution is 2.23. The Morgan fingerprint density at radius 1 is 1.15 bits per heavy atom. The standard InChI is InChI=1S/C18H24N6O2/c1-2-22-9-11-24(12-10-22)18(25)17-20-16(21-26-17)14-5-6-19-15(13-14)23-7-3-4-8-23/h5-6,13H,2-4,7-12H2,1H3. The number of amides is 1. The second-order valence-electron chi connectivity index (χ2n) is 6.75. The Balaban J connectivity index is 1.48. The van der Waals surface area contributed by atoms with Gasteiger partial charge in [-0.2, -0.15) is 4.98 Å². The van der Waals surface area contributed by atoms with E-state index in [1.165, 1.54) is 12.8 Å². The molecule has 8 heteroatoms. The molecule has 26 heavy (non-hydrogen) atoms. The first-order valence-corrected chi connectivity index (χ1v) is 9.31. The molecule has 0 spiro atoms. The first-order chi connectivity index (χ1) is 12.7. The summed E-state index contributed by atoms with van der Waals surface area (Å²) < 4.78 is 5.25. The summed E-state index contributed by atoms with van der Waals surface area (Å²) in [7, 11) is 0. The molecular formula is C18H24N6O2. The lowest BCUT2D eigenvalue weighted by molar-refractivity contribution is 0.0595. The van der Waals surface area contributed by atoms with Crippen molar-refractivity contribution >= 4 is 11.7 Å². The van der Waals surface area contributed by atoms with Crippen molar-refractivity contribution in [2.24, 2.45) is 0 Å². The number of likely N-dealkylation sites (N-methyl/N-ethyl adjacent to an activating group) is 1. The molecule has 0 radical (unpaired) electrons. The van der Waals surface area contributed by atoms with E-state index in [9.17, 15) is 4.79 Å². The van der Waals surface area contributed by atoms with Gasteiger partial charge in [-0.1, -0.05) is 12.1 Å². The highest BCUT2D eigenvalue weighted by atomic mass is 16.5. The third-order valence-corrected chi connectivity index (χ3v) is 5.15. The molecule has 4 heterocycles. The highest BCUT2D eigenvalue weighted by molar-refractivity contribution is 5.90. The van der Waals surface area contributed by atoms with Crippen LogP contribution in [0.15, 0.2) is 22.9 Å². The predicted molar refractivity (Wildman–Crippen MR) is 97.0 cm³/mol. The van der Waals surface area contributed by atoms with E-state index in [2.05, 4.69) is 31.8 Å². The second-order valence-corrected chi connectivity index (χ2v) is 6.75. The number of carbonyl (C=O) groups excluding carboxylic acids is 1. The molecule has 2 aliphatic heterocycles. The van der Waals surface area contributed by atoms with Gasteiger partial charge in [-0.3, -0.25) is 4.79 Å². The molecule has 0 saturated carbocycles. The average molecular weight is 356 g/mol. The van der Waals surface area contributed by atoms with E-state index in [-0.39, 0.29) is 11.8 Å². The Labute approximate surface area is 152 Å². The largest absolute Gasteiger partial charge is 0.357 e. The second kappa shape index (κ2) is 7.41. The van der Waals surface area contributed by atoms with Crippen LogP contribution < -0.4 is 4.90 Å². The van der Waals surface area contributed by atoms with E-state index < -0.39 is 0 Å². The molecule has 0 bridgehead atoms. The van der Waals surface area contributed by atoms with Gasteiger partial charge in [0, 0.05) is 51.0 Å². The van der Waals surface area contributed by atoms with Crippen LogP contribution in [0.25, 0.3) is 11.4 Å². The van der Waals surface area contributed by atoms with Crippen LogP contribution in [0.1, 0.15) is 30.5 Å². The lowest BCUT2D eigenvalue weighted by atomic mass is 10.2. The molecule has 0 atom stereocenters. The SMILES string of the molecule is CCN1CCN(C(=O)c2nc(-c3ccnc(N4CCCC4)c3)no2)CC1. The summed E-state index contributed by atoms with van der Waals surface area (Å²) in [5, 5.41) is 4.01. The summed E-state index contributed by atoms with van der Waals surface area (Å²) in [5.74, 6) is 1.23. The van der Waals surface area contributed by atoms with Gasteiger partial charge in [0.05, 0.1) is 0 Å². The summed E-state index contributed by atoms with van der Waals surface area (Å²) >= 11 is 0. The zero-order valence-corrected chi connectivity index (χ0v) is 15.1. The van der Waals surface area contributed by atoms with Gasteiger partial charge in [0.1, 0.15) is 5.82 Å². The monoisotopic (exact) mass is 356 g/mol. The molecule has 2 fully saturated rings. The van der Waals surface area contributed by atoms with E-state index in [0.717, 1.165) is 44.1 Å². The Kier molecular flexibility index (Phi) is 4.83. The normalized spacial score (nSPS) is 18.5. The molecule has 0 N–H and O–H groups in total. The van der Waals surface area contributed by atoms with Gasteiger partial charge in [0.25, 0.3) is 0 Å². The van der Waals surface area contributed by atoms with Gasteiger partial charge >= 0.3 is 11.8 Å². The number of pyridine rings is 1. The molecule has 4 rings (SSSR count). The van der Waals surface area contributed by atoms with Crippen LogP contribution in [-0.2, 0) is 0 Å². The highest BCUT2D eigenvalue weighted by Gasteiger charge is 2.26. The van der Waals surface area contributed by atoms with Crippen LogP contribution in [-0.4, -0.2) is 76.6 Å². The van der Waals surface area contributed by atoms with E-state index in [4.69, 9.17) is 4.52 Å². The van der Waals surface area contributed by atoms with Crippen molar-refractivity contribution in [3.05, 3.63) is 24.2 Å². The average Bonchev–Trinajstić information content (AvgIpc) is 3.40. The number of piperazine rings is 1. The molecule has 2 aromatic heterocycles. The zero-order chi connectivity index (χ0) is 17.9. The van der Waals surface area contributed by atoms with Crippen molar-refractivity contribution in [3.8, 4) is 11.4 Å². The van der Waals surface area contributed by atoms with Crippen LogP contribution >= 0.6 is 0 Å². The minimum atomic E-state index is -0.187. The van der Waals surface area contributed by atoms with E-state index >= 15 is 0 Å². The summed E-state index contributed by atoms with van der Waals surface area (Å²) in [6.07, 6.45) is 4.14. The molecular weight excluding hydrogens is 332 g/mol. The molecule has 8 nitrogen and oxygen atoms in total. The number of carbonyl (C=O) groups is 1. The molecule has 2 aromatic rings. The van der Waals surface area contributed by atoms with Crippen LogP contribution in [0, 0.1) is 0 Å². The summed E-state index contributed by atoms with van der Waals surface area (Å²) in [6.45, 7) is 8.34. The first kappa shape index (κ1) is 17.0. The Morgan fingerprint density at radius 2 is 1.92 bits per heavy atom. The number of hydrogen-bond donors (Lipinski definition) is 0. The van der Waals surface area contributed by atoms with Crippen molar-refractivity contribution in [2.45, 2.75) is 19.8 Å². The maximum atomic E-state index is 12.6. The van der Waals surface area contributed by atoms with Crippen molar-refractivity contribution < 1.29 is 9.32 Å². The molecule has 2 aliphatic rings. The summed E-state index contributed by atoms with van der Waals surface area (Å²) in [5.41, 5.74) is 0.820. The third kappa shape index (κ3) is 3.41. The van der Waals surface area contributed by atoms with Gasteiger partial charge in [-0.05, 0) is 31.5 Å². The molecule has 0 aromatic carbocycles. The van der Waals surface area contributed by atoms with Gasteiger partial charge in [0.2, 0.25) is 5.82 Å². The Bertz CT molecular complexity index is 763. The number of hydrogen-bond acceptors (Lipinski definition) is 7. The number of nitrogens with zero attached hydrogens (tertiary/aromatic N) is 6.